The zero-order valence-electron chi connectivity index (χ0n) is 13.2. The van der Waals surface area contributed by atoms with Gasteiger partial charge in [0, 0.05) is 37.6 Å². The van der Waals surface area contributed by atoms with Crippen molar-refractivity contribution in [1.29, 1.82) is 0 Å². The third kappa shape index (κ3) is 3.09. The minimum absolute atomic E-state index is 0.126. The van der Waals surface area contributed by atoms with E-state index in [-0.39, 0.29) is 29.9 Å². The Morgan fingerprint density at radius 3 is 2.70 bits per heavy atom. The molecule has 1 amide bonds. The van der Waals surface area contributed by atoms with Crippen molar-refractivity contribution < 1.29 is 18.7 Å². The number of para-hydroxylation sites is 1. The molecule has 0 saturated carbocycles. The highest BCUT2D eigenvalue weighted by atomic mass is 19.1. The van der Waals surface area contributed by atoms with E-state index >= 15 is 0 Å². The van der Waals surface area contributed by atoms with Gasteiger partial charge in [-0.3, -0.25) is 9.69 Å². The van der Waals surface area contributed by atoms with Crippen molar-refractivity contribution in [3.8, 4) is 0 Å². The molecule has 3 rings (SSSR count). The Hall–Kier alpha value is -1.92. The van der Waals surface area contributed by atoms with E-state index in [1.807, 2.05) is 6.92 Å². The molecule has 0 bridgehead atoms. The van der Waals surface area contributed by atoms with E-state index in [9.17, 15) is 14.3 Å². The monoisotopic (exact) mass is 320 g/mol. The van der Waals surface area contributed by atoms with Gasteiger partial charge in [0.15, 0.2) is 17.2 Å². The molecule has 0 spiro atoms. The lowest BCUT2D eigenvalue weighted by Crippen LogP contribution is -2.52. The second kappa shape index (κ2) is 6.68. The Balaban J connectivity index is 1.70. The summed E-state index contributed by atoms with van der Waals surface area (Å²) < 4.78 is 19.1. The molecule has 2 heterocycles. The van der Waals surface area contributed by atoms with E-state index in [2.05, 4.69) is 4.90 Å². The van der Waals surface area contributed by atoms with Gasteiger partial charge < -0.3 is 14.4 Å². The smallest absolute Gasteiger partial charge is 0.289 e. The number of piperazine rings is 1. The van der Waals surface area contributed by atoms with E-state index in [0.29, 0.717) is 18.5 Å². The van der Waals surface area contributed by atoms with E-state index in [0.717, 1.165) is 19.5 Å². The number of nitrogens with zero attached hydrogens (tertiary/aromatic N) is 2. The SMILES string of the molecule is CCC(CO)N1CCN(C(=O)c2cc3cccc(F)c3o2)CC1. The molecule has 1 aromatic heterocycles. The average molecular weight is 320 g/mol. The molecule has 5 nitrogen and oxygen atoms in total. The summed E-state index contributed by atoms with van der Waals surface area (Å²) in [6, 6.07) is 6.38. The van der Waals surface area contributed by atoms with E-state index < -0.39 is 5.82 Å². The van der Waals surface area contributed by atoms with Crippen molar-refractivity contribution in [2.75, 3.05) is 32.8 Å². The van der Waals surface area contributed by atoms with Gasteiger partial charge in [0.05, 0.1) is 6.61 Å². The van der Waals surface area contributed by atoms with Gasteiger partial charge in [0.25, 0.3) is 5.91 Å². The molecule has 6 heteroatoms. The molecule has 2 aromatic rings. The van der Waals surface area contributed by atoms with E-state index in [4.69, 9.17) is 4.42 Å². The fourth-order valence-electron chi connectivity index (χ4n) is 3.08. The maximum absolute atomic E-state index is 13.7. The maximum Gasteiger partial charge on any atom is 0.289 e. The highest BCUT2D eigenvalue weighted by Gasteiger charge is 2.27. The van der Waals surface area contributed by atoms with Crippen LogP contribution in [0.15, 0.2) is 28.7 Å². The van der Waals surface area contributed by atoms with Gasteiger partial charge in [-0.2, -0.15) is 0 Å². The second-order valence-electron chi connectivity index (χ2n) is 5.84. The first-order valence-electron chi connectivity index (χ1n) is 7.96. The van der Waals surface area contributed by atoms with Crippen LogP contribution in [0.5, 0.6) is 0 Å². The number of furan rings is 1. The largest absolute Gasteiger partial charge is 0.448 e. The standard InChI is InChI=1S/C17H21FN2O3/c1-2-13(11-21)19-6-8-20(9-7-19)17(22)15-10-12-4-3-5-14(18)16(12)23-15/h3-5,10,13,21H,2,6-9,11H2,1H3. The molecule has 1 N–H and O–H groups in total. The summed E-state index contributed by atoms with van der Waals surface area (Å²) in [5.74, 6) is -0.495. The molecule has 1 unspecified atom stereocenters. The molecule has 0 radical (unpaired) electrons. The number of carbonyl (C=O) groups excluding carboxylic acids is 1. The Kier molecular flexibility index (Phi) is 4.63. The van der Waals surface area contributed by atoms with Crippen molar-refractivity contribution in [1.82, 2.24) is 9.80 Å². The van der Waals surface area contributed by atoms with Crippen molar-refractivity contribution in [2.45, 2.75) is 19.4 Å². The minimum atomic E-state index is -0.458. The number of aliphatic hydroxyl groups is 1. The van der Waals surface area contributed by atoms with Crippen LogP contribution in [0.4, 0.5) is 4.39 Å². The van der Waals surface area contributed by atoms with Crippen molar-refractivity contribution >= 4 is 16.9 Å². The zero-order valence-corrected chi connectivity index (χ0v) is 13.2. The number of hydrogen-bond donors (Lipinski definition) is 1. The zero-order chi connectivity index (χ0) is 16.4. The number of benzene rings is 1. The first kappa shape index (κ1) is 16.0. The molecule has 1 aliphatic rings. The molecular formula is C17H21FN2O3. The number of amides is 1. The van der Waals surface area contributed by atoms with Gasteiger partial charge in [-0.05, 0) is 18.6 Å². The lowest BCUT2D eigenvalue weighted by Gasteiger charge is -2.38. The predicted molar refractivity (Wildman–Crippen MR) is 84.8 cm³/mol. The molecule has 1 fully saturated rings. The highest BCUT2D eigenvalue weighted by Crippen LogP contribution is 2.23. The number of aliphatic hydroxyl groups excluding tert-OH is 1. The summed E-state index contributed by atoms with van der Waals surface area (Å²) in [4.78, 5) is 16.5. The van der Waals surface area contributed by atoms with Crippen LogP contribution >= 0.6 is 0 Å². The molecule has 23 heavy (non-hydrogen) atoms. The minimum Gasteiger partial charge on any atom is -0.448 e. The first-order valence-corrected chi connectivity index (χ1v) is 7.96. The van der Waals surface area contributed by atoms with Crippen LogP contribution in [0.2, 0.25) is 0 Å². The summed E-state index contributed by atoms with van der Waals surface area (Å²) in [7, 11) is 0. The summed E-state index contributed by atoms with van der Waals surface area (Å²) in [6.07, 6.45) is 0.882. The average Bonchev–Trinajstić information content (AvgIpc) is 3.02. The molecular weight excluding hydrogens is 299 g/mol. The summed E-state index contributed by atoms with van der Waals surface area (Å²) in [5.41, 5.74) is 0.126. The lowest BCUT2D eigenvalue weighted by molar-refractivity contribution is 0.0451. The summed E-state index contributed by atoms with van der Waals surface area (Å²) >= 11 is 0. The van der Waals surface area contributed by atoms with E-state index in [1.54, 1.807) is 23.1 Å². The number of carbonyl (C=O) groups is 1. The van der Waals surface area contributed by atoms with Crippen LogP contribution < -0.4 is 0 Å². The fraction of sp³-hybridized carbons (Fsp3) is 0.471. The van der Waals surface area contributed by atoms with E-state index in [1.165, 1.54) is 6.07 Å². The predicted octanol–water partition coefficient (Wildman–Crippen LogP) is 2.10. The normalized spacial score (nSPS) is 17.6. The maximum atomic E-state index is 13.7. The summed E-state index contributed by atoms with van der Waals surface area (Å²) in [6.45, 7) is 4.77. The quantitative estimate of drug-likeness (QED) is 0.937. The number of fused-ring (bicyclic) bond motifs is 1. The third-order valence-corrected chi connectivity index (χ3v) is 4.51. The third-order valence-electron chi connectivity index (χ3n) is 4.51. The summed E-state index contributed by atoms with van der Waals surface area (Å²) in [5, 5.41) is 9.96. The second-order valence-corrected chi connectivity index (χ2v) is 5.84. The molecule has 1 atom stereocenters. The van der Waals surface area contributed by atoms with Gasteiger partial charge >= 0.3 is 0 Å². The molecule has 124 valence electrons. The van der Waals surface area contributed by atoms with Crippen LogP contribution in [0.25, 0.3) is 11.0 Å². The number of hydrogen-bond acceptors (Lipinski definition) is 4. The van der Waals surface area contributed by atoms with Crippen LogP contribution in [0.1, 0.15) is 23.9 Å². The topological polar surface area (TPSA) is 56.9 Å². The van der Waals surface area contributed by atoms with Gasteiger partial charge in [0.1, 0.15) is 0 Å². The fourth-order valence-corrected chi connectivity index (χ4v) is 3.08. The lowest BCUT2D eigenvalue weighted by atomic mass is 10.1. The van der Waals surface area contributed by atoms with Gasteiger partial charge in [-0.25, -0.2) is 4.39 Å². The number of rotatable bonds is 4. The molecule has 1 aliphatic heterocycles. The highest BCUT2D eigenvalue weighted by molar-refractivity contribution is 5.96. The Morgan fingerprint density at radius 1 is 1.35 bits per heavy atom. The molecule has 1 aromatic carbocycles. The number of halogens is 1. The van der Waals surface area contributed by atoms with Crippen molar-refractivity contribution in [3.63, 3.8) is 0 Å². The first-order chi connectivity index (χ1) is 11.1. The van der Waals surface area contributed by atoms with Crippen LogP contribution in [0.3, 0.4) is 0 Å². The van der Waals surface area contributed by atoms with Crippen LogP contribution in [0, 0.1) is 5.82 Å². The Labute approximate surface area is 134 Å². The van der Waals surface area contributed by atoms with Crippen molar-refractivity contribution in [2.24, 2.45) is 0 Å². The van der Waals surface area contributed by atoms with Gasteiger partial charge in [0.2, 0.25) is 0 Å². The Bertz CT molecular complexity index is 688. The molecule has 0 aliphatic carbocycles. The van der Waals surface area contributed by atoms with Gasteiger partial charge in [-0.1, -0.05) is 19.1 Å². The molecule has 1 saturated heterocycles. The Morgan fingerprint density at radius 2 is 2.09 bits per heavy atom. The van der Waals surface area contributed by atoms with Gasteiger partial charge in [-0.15, -0.1) is 0 Å². The van der Waals surface area contributed by atoms with Crippen LogP contribution in [-0.2, 0) is 0 Å². The van der Waals surface area contributed by atoms with Crippen molar-refractivity contribution in [3.05, 3.63) is 35.8 Å². The van der Waals surface area contributed by atoms with Crippen LogP contribution in [-0.4, -0.2) is 59.6 Å².